The van der Waals surface area contributed by atoms with Crippen molar-refractivity contribution in [3.8, 4) is 5.75 Å². The average Bonchev–Trinajstić information content (AvgIpc) is 2.06. The van der Waals surface area contributed by atoms with Crippen molar-refractivity contribution < 1.29 is 9.94 Å². The second kappa shape index (κ2) is 3.85. The van der Waals surface area contributed by atoms with Crippen LogP contribution in [-0.4, -0.2) is 22.3 Å². The van der Waals surface area contributed by atoms with E-state index in [0.29, 0.717) is 11.4 Å². The van der Waals surface area contributed by atoms with E-state index in [1.807, 2.05) is 5.48 Å². The fraction of sp³-hybridized carbons (Fsp3) is 0.333. The number of aromatic nitrogens is 2. The van der Waals surface area contributed by atoms with Gasteiger partial charge in [0.2, 0.25) is 0 Å². The zero-order valence-electron chi connectivity index (χ0n) is 6.11. The third-order valence-corrected chi connectivity index (χ3v) is 1.22. The van der Waals surface area contributed by atoms with Crippen LogP contribution in [0.5, 0.6) is 5.75 Å². The highest BCUT2D eigenvalue weighted by Gasteiger charge is 2.01. The molecule has 5 heteroatoms. The first-order valence-electron chi connectivity index (χ1n) is 3.08. The Balaban J connectivity index is 2.83. The lowest BCUT2D eigenvalue weighted by Gasteiger charge is -2.03. The minimum atomic E-state index is 0.256. The average molecular weight is 155 g/mol. The molecule has 0 fully saturated rings. The van der Waals surface area contributed by atoms with Gasteiger partial charge in [-0.2, -0.15) is 5.48 Å². The Morgan fingerprint density at radius 3 is 3.18 bits per heavy atom. The summed E-state index contributed by atoms with van der Waals surface area (Å²) < 4.78 is 4.92. The first kappa shape index (κ1) is 7.90. The molecule has 0 amide bonds. The summed E-state index contributed by atoms with van der Waals surface area (Å²) in [7, 11) is 1.53. The van der Waals surface area contributed by atoms with Crippen LogP contribution in [0.15, 0.2) is 12.5 Å². The number of rotatable bonds is 3. The van der Waals surface area contributed by atoms with Crippen LogP contribution in [0.1, 0.15) is 5.69 Å². The highest BCUT2D eigenvalue weighted by atomic mass is 16.5. The van der Waals surface area contributed by atoms with Crippen LogP contribution in [0, 0.1) is 0 Å². The first-order valence-corrected chi connectivity index (χ1v) is 3.08. The van der Waals surface area contributed by atoms with Gasteiger partial charge in [0.15, 0.2) is 5.75 Å². The van der Waals surface area contributed by atoms with Crippen LogP contribution in [0.4, 0.5) is 0 Å². The second-order valence-electron chi connectivity index (χ2n) is 1.87. The minimum absolute atomic E-state index is 0.256. The van der Waals surface area contributed by atoms with E-state index < -0.39 is 0 Å². The van der Waals surface area contributed by atoms with Gasteiger partial charge < -0.3 is 9.94 Å². The summed E-state index contributed by atoms with van der Waals surface area (Å²) in [5, 5.41) is 8.37. The summed E-state index contributed by atoms with van der Waals surface area (Å²) in [6.07, 6.45) is 2.94. The molecule has 11 heavy (non-hydrogen) atoms. The number of ether oxygens (including phenoxy) is 1. The summed E-state index contributed by atoms with van der Waals surface area (Å²) in [6, 6.07) is 0. The normalized spacial score (nSPS) is 9.64. The molecule has 1 aromatic rings. The van der Waals surface area contributed by atoms with E-state index in [9.17, 15) is 0 Å². The summed E-state index contributed by atoms with van der Waals surface area (Å²) in [5.41, 5.74) is 2.62. The Kier molecular flexibility index (Phi) is 2.76. The van der Waals surface area contributed by atoms with Crippen LogP contribution >= 0.6 is 0 Å². The Morgan fingerprint density at radius 2 is 2.55 bits per heavy atom. The third-order valence-electron chi connectivity index (χ3n) is 1.22. The summed E-state index contributed by atoms with van der Waals surface area (Å²) >= 11 is 0. The Bertz CT molecular complexity index is 229. The van der Waals surface area contributed by atoms with E-state index in [-0.39, 0.29) is 6.54 Å². The molecule has 0 atom stereocenters. The van der Waals surface area contributed by atoms with E-state index in [0.717, 1.165) is 0 Å². The zero-order chi connectivity index (χ0) is 8.10. The number of hydroxylamine groups is 1. The molecule has 0 aliphatic carbocycles. The smallest absolute Gasteiger partial charge is 0.160 e. The van der Waals surface area contributed by atoms with Crippen LogP contribution < -0.4 is 10.2 Å². The molecule has 0 saturated heterocycles. The Morgan fingerprint density at radius 1 is 1.73 bits per heavy atom. The van der Waals surface area contributed by atoms with Crippen molar-refractivity contribution in [2.75, 3.05) is 7.11 Å². The highest BCUT2D eigenvalue weighted by molar-refractivity contribution is 5.22. The van der Waals surface area contributed by atoms with E-state index >= 15 is 0 Å². The maximum absolute atomic E-state index is 8.37. The first-order chi connectivity index (χ1) is 5.38. The van der Waals surface area contributed by atoms with Gasteiger partial charge in [-0.25, -0.2) is 9.97 Å². The number of nitrogens with one attached hydrogen (secondary N) is 1. The minimum Gasteiger partial charge on any atom is -0.493 e. The van der Waals surface area contributed by atoms with Gasteiger partial charge in [-0.15, -0.1) is 0 Å². The molecule has 5 nitrogen and oxygen atoms in total. The van der Waals surface area contributed by atoms with Crippen molar-refractivity contribution in [3.05, 3.63) is 18.2 Å². The Labute approximate surface area is 64.0 Å². The topological polar surface area (TPSA) is 67.3 Å². The van der Waals surface area contributed by atoms with Gasteiger partial charge in [-0.1, -0.05) is 0 Å². The van der Waals surface area contributed by atoms with Crippen molar-refractivity contribution in [3.63, 3.8) is 0 Å². The zero-order valence-corrected chi connectivity index (χ0v) is 6.11. The molecule has 0 unspecified atom stereocenters. The molecule has 2 N–H and O–H groups in total. The number of hydrogen-bond donors (Lipinski definition) is 2. The van der Waals surface area contributed by atoms with Crippen molar-refractivity contribution in [2.24, 2.45) is 0 Å². The van der Waals surface area contributed by atoms with Crippen LogP contribution in [0.3, 0.4) is 0 Å². The fourth-order valence-electron chi connectivity index (χ4n) is 0.720. The molecule has 0 saturated carbocycles. The van der Waals surface area contributed by atoms with Gasteiger partial charge >= 0.3 is 0 Å². The number of methoxy groups -OCH3 is 1. The van der Waals surface area contributed by atoms with E-state index in [2.05, 4.69) is 9.97 Å². The SMILES string of the molecule is COc1cncnc1CNO. The molecule has 1 heterocycles. The number of hydrogen-bond acceptors (Lipinski definition) is 5. The lowest BCUT2D eigenvalue weighted by molar-refractivity contribution is 0.158. The molecular formula is C6H9N3O2. The van der Waals surface area contributed by atoms with Gasteiger partial charge in [0.25, 0.3) is 0 Å². The molecule has 60 valence electrons. The molecule has 0 aliphatic heterocycles. The molecule has 1 rings (SSSR count). The molecule has 0 spiro atoms. The predicted octanol–water partition coefficient (Wildman–Crippen LogP) is -0.0360. The monoisotopic (exact) mass is 155 g/mol. The fourth-order valence-corrected chi connectivity index (χ4v) is 0.720. The van der Waals surface area contributed by atoms with Gasteiger partial charge in [-0.05, 0) is 0 Å². The summed E-state index contributed by atoms with van der Waals surface area (Å²) in [5.74, 6) is 0.564. The van der Waals surface area contributed by atoms with Crippen LogP contribution in [0.2, 0.25) is 0 Å². The van der Waals surface area contributed by atoms with Crippen molar-refractivity contribution >= 4 is 0 Å². The highest BCUT2D eigenvalue weighted by Crippen LogP contribution is 2.11. The molecule has 0 radical (unpaired) electrons. The van der Waals surface area contributed by atoms with Crippen molar-refractivity contribution in [1.29, 1.82) is 0 Å². The lowest BCUT2D eigenvalue weighted by atomic mass is 10.4. The molecule has 0 aliphatic rings. The van der Waals surface area contributed by atoms with Crippen molar-refractivity contribution in [2.45, 2.75) is 6.54 Å². The third kappa shape index (κ3) is 1.86. The quantitative estimate of drug-likeness (QED) is 0.600. The van der Waals surface area contributed by atoms with Crippen molar-refractivity contribution in [1.82, 2.24) is 15.4 Å². The lowest BCUT2D eigenvalue weighted by Crippen LogP contribution is -2.09. The maximum atomic E-state index is 8.37. The second-order valence-corrected chi connectivity index (χ2v) is 1.87. The van der Waals surface area contributed by atoms with Gasteiger partial charge in [0, 0.05) is 0 Å². The Hall–Kier alpha value is -1.20. The number of nitrogens with zero attached hydrogens (tertiary/aromatic N) is 2. The molecular weight excluding hydrogens is 146 g/mol. The van der Waals surface area contributed by atoms with Gasteiger partial charge in [0.05, 0.1) is 19.9 Å². The standard InChI is InChI=1S/C6H9N3O2/c1-11-6-3-7-4-8-5(6)2-9-10/h3-4,9-10H,2H2,1H3. The van der Waals surface area contributed by atoms with Gasteiger partial charge in [0.1, 0.15) is 12.0 Å². The summed E-state index contributed by atoms with van der Waals surface area (Å²) in [4.78, 5) is 7.63. The molecule has 0 bridgehead atoms. The van der Waals surface area contributed by atoms with Crippen LogP contribution in [0.25, 0.3) is 0 Å². The largest absolute Gasteiger partial charge is 0.493 e. The van der Waals surface area contributed by atoms with E-state index in [1.54, 1.807) is 6.20 Å². The van der Waals surface area contributed by atoms with Crippen LogP contribution in [-0.2, 0) is 6.54 Å². The molecule has 0 aromatic carbocycles. The predicted molar refractivity (Wildman–Crippen MR) is 37.2 cm³/mol. The summed E-state index contributed by atoms with van der Waals surface area (Å²) in [6.45, 7) is 0.256. The maximum Gasteiger partial charge on any atom is 0.160 e. The molecule has 1 aromatic heterocycles. The van der Waals surface area contributed by atoms with E-state index in [4.69, 9.17) is 9.94 Å². The van der Waals surface area contributed by atoms with Gasteiger partial charge in [-0.3, -0.25) is 0 Å². The van der Waals surface area contributed by atoms with E-state index in [1.165, 1.54) is 13.4 Å².